The maximum Gasteiger partial charge on any atom is 0.293 e. The van der Waals surface area contributed by atoms with Gasteiger partial charge in [-0.05, 0) is 79.3 Å². The van der Waals surface area contributed by atoms with Crippen LogP contribution >= 0.6 is 0 Å². The van der Waals surface area contributed by atoms with Crippen LogP contribution in [0.3, 0.4) is 0 Å². The Labute approximate surface area is 349 Å². The van der Waals surface area contributed by atoms with Crippen LogP contribution in [0.1, 0.15) is 91.3 Å². The molecule has 8 rings (SSSR count). The molecule has 2 fully saturated rings. The van der Waals surface area contributed by atoms with Gasteiger partial charge in [-0.15, -0.1) is 0 Å². The number of benzene rings is 3. The van der Waals surface area contributed by atoms with E-state index in [1.807, 2.05) is 65.1 Å². The summed E-state index contributed by atoms with van der Waals surface area (Å²) in [5.41, 5.74) is 9.41. The van der Waals surface area contributed by atoms with Gasteiger partial charge in [-0.1, -0.05) is 62.3 Å². The van der Waals surface area contributed by atoms with Crippen molar-refractivity contribution in [2.75, 3.05) is 44.7 Å². The Bertz CT molecular complexity index is 2550. The third-order valence-electron chi connectivity index (χ3n) is 11.6. The standard InChI is InChI=1S/C46H51N9O5/c1-27-23-31(10-14-34(27)28(2)48-44(58)42-50-45(60-53-42)46(3,4)5)40-37-25-32(26-47-41(37)52-51-40)30-8-11-33(12-9-30)55-21-19-54(20-22-55)18-17-29-7-13-35(38(24-29)59-6)36-15-16-39(56)49-43(36)57/h7-14,23-26,28,36H,15-22H2,1-6H3,(H,48,58)(H,47,51,52)(H,49,56,57)/t28-,36?/m1/s1. The minimum atomic E-state index is -0.387. The summed E-state index contributed by atoms with van der Waals surface area (Å²) in [6, 6.07) is 22.8. The second-order valence-corrected chi connectivity index (χ2v) is 16.8. The third kappa shape index (κ3) is 8.51. The first-order valence-corrected chi connectivity index (χ1v) is 20.5. The zero-order valence-electron chi connectivity index (χ0n) is 35.0. The number of hydrogen-bond acceptors (Lipinski definition) is 11. The Morgan fingerprint density at radius 2 is 1.75 bits per heavy atom. The number of carbonyl (C=O) groups is 3. The van der Waals surface area contributed by atoms with Crippen molar-refractivity contribution in [3.63, 3.8) is 0 Å². The average Bonchev–Trinajstić information content (AvgIpc) is 3.92. The minimum Gasteiger partial charge on any atom is -0.496 e. The molecule has 3 N–H and O–H groups in total. The second-order valence-electron chi connectivity index (χ2n) is 16.8. The van der Waals surface area contributed by atoms with Gasteiger partial charge in [-0.2, -0.15) is 10.1 Å². The number of piperidine rings is 1. The molecule has 3 aromatic carbocycles. The summed E-state index contributed by atoms with van der Waals surface area (Å²) in [6.45, 7) is 14.6. The zero-order valence-corrected chi connectivity index (χ0v) is 35.0. The minimum absolute atomic E-state index is 0.0191. The summed E-state index contributed by atoms with van der Waals surface area (Å²) < 4.78 is 11.0. The lowest BCUT2D eigenvalue weighted by Gasteiger charge is -2.36. The Kier molecular flexibility index (Phi) is 11.2. The quantitative estimate of drug-likeness (QED) is 0.120. The molecule has 3 aromatic heterocycles. The van der Waals surface area contributed by atoms with E-state index in [4.69, 9.17) is 14.2 Å². The normalized spacial score (nSPS) is 16.8. The van der Waals surface area contributed by atoms with Gasteiger partial charge in [0.2, 0.25) is 17.7 Å². The van der Waals surface area contributed by atoms with Crippen LogP contribution in [0.15, 0.2) is 77.4 Å². The topological polar surface area (TPSA) is 171 Å². The SMILES string of the molecule is COc1cc(CCN2CCN(c3ccc(-c4cnc5n[nH]c(-c6ccc([C@@H](C)NC(=O)c7noc(C(C)(C)C)n7)c(C)c6)c5c4)cc3)CC2)ccc1C1CCC(=O)NC1=O. The highest BCUT2D eigenvalue weighted by Gasteiger charge is 2.30. The van der Waals surface area contributed by atoms with E-state index in [2.05, 4.69) is 83.2 Å². The second kappa shape index (κ2) is 16.7. The van der Waals surface area contributed by atoms with Gasteiger partial charge in [0.1, 0.15) is 5.75 Å². The predicted octanol–water partition coefficient (Wildman–Crippen LogP) is 6.67. The lowest BCUT2D eigenvalue weighted by molar-refractivity contribution is -0.134. The first kappa shape index (κ1) is 40.4. The average molecular weight is 810 g/mol. The number of rotatable bonds is 11. The molecule has 310 valence electrons. The molecule has 14 heteroatoms. The lowest BCUT2D eigenvalue weighted by Crippen LogP contribution is -2.47. The fourth-order valence-electron chi connectivity index (χ4n) is 8.12. The molecule has 0 aliphatic carbocycles. The molecule has 0 bridgehead atoms. The van der Waals surface area contributed by atoms with Crippen LogP contribution in [0.5, 0.6) is 5.75 Å². The van der Waals surface area contributed by atoms with Crippen LogP contribution in [0.4, 0.5) is 5.69 Å². The zero-order chi connectivity index (χ0) is 42.1. The van der Waals surface area contributed by atoms with Gasteiger partial charge < -0.3 is 19.5 Å². The van der Waals surface area contributed by atoms with Gasteiger partial charge in [0.25, 0.3) is 11.7 Å². The molecule has 3 amide bonds. The van der Waals surface area contributed by atoms with Gasteiger partial charge in [0.05, 0.1) is 24.8 Å². The fourth-order valence-corrected chi connectivity index (χ4v) is 8.12. The summed E-state index contributed by atoms with van der Waals surface area (Å²) in [7, 11) is 1.63. The van der Waals surface area contributed by atoms with Gasteiger partial charge in [0.15, 0.2) is 5.65 Å². The maximum atomic E-state index is 12.9. The number of fused-ring (bicyclic) bond motifs is 1. The van der Waals surface area contributed by atoms with E-state index >= 15 is 0 Å². The van der Waals surface area contributed by atoms with Gasteiger partial charge in [0, 0.05) is 78.5 Å². The number of aromatic amines is 1. The molecule has 60 heavy (non-hydrogen) atoms. The van der Waals surface area contributed by atoms with E-state index in [1.165, 1.54) is 5.69 Å². The number of aryl methyl sites for hydroxylation is 1. The highest BCUT2D eigenvalue weighted by atomic mass is 16.5. The Morgan fingerprint density at radius 1 is 0.983 bits per heavy atom. The molecule has 2 aliphatic heterocycles. The molecule has 2 saturated heterocycles. The monoisotopic (exact) mass is 809 g/mol. The highest BCUT2D eigenvalue weighted by Crippen LogP contribution is 2.34. The van der Waals surface area contributed by atoms with E-state index in [0.29, 0.717) is 30.1 Å². The van der Waals surface area contributed by atoms with Gasteiger partial charge in [-0.25, -0.2) is 4.98 Å². The first-order valence-electron chi connectivity index (χ1n) is 20.5. The van der Waals surface area contributed by atoms with E-state index in [-0.39, 0.29) is 40.9 Å². The Hall–Kier alpha value is -6.41. The summed E-state index contributed by atoms with van der Waals surface area (Å²) in [6.07, 6.45) is 3.58. The lowest BCUT2D eigenvalue weighted by atomic mass is 9.89. The molecule has 2 aliphatic rings. The summed E-state index contributed by atoms with van der Waals surface area (Å²) >= 11 is 0. The van der Waals surface area contributed by atoms with Crippen molar-refractivity contribution in [2.24, 2.45) is 0 Å². The largest absolute Gasteiger partial charge is 0.496 e. The molecular formula is C46H51N9O5. The molecular weight excluding hydrogens is 759 g/mol. The van der Waals surface area contributed by atoms with Crippen LogP contribution in [0.25, 0.3) is 33.4 Å². The number of carbonyl (C=O) groups excluding carboxylic acids is 3. The predicted molar refractivity (Wildman–Crippen MR) is 229 cm³/mol. The number of aromatic nitrogens is 5. The molecule has 14 nitrogen and oxygen atoms in total. The number of ether oxygens (including phenoxy) is 1. The number of nitrogens with zero attached hydrogens (tertiary/aromatic N) is 6. The van der Waals surface area contributed by atoms with Gasteiger partial charge >= 0.3 is 0 Å². The molecule has 2 atom stereocenters. The van der Waals surface area contributed by atoms with Crippen molar-refractivity contribution in [3.05, 3.63) is 107 Å². The van der Waals surface area contributed by atoms with E-state index in [1.54, 1.807) is 7.11 Å². The number of piperazine rings is 1. The highest BCUT2D eigenvalue weighted by molar-refractivity contribution is 6.01. The summed E-state index contributed by atoms with van der Waals surface area (Å²) in [5, 5.41) is 18.0. The number of methoxy groups -OCH3 is 1. The molecule has 0 spiro atoms. The maximum absolute atomic E-state index is 12.9. The number of hydrogen-bond donors (Lipinski definition) is 3. The number of imide groups is 1. The fraction of sp³-hybridized carbons (Fsp3) is 0.370. The number of nitrogens with one attached hydrogen (secondary N) is 3. The van der Waals surface area contributed by atoms with Crippen molar-refractivity contribution in [3.8, 4) is 28.1 Å². The Balaban J connectivity index is 0.872. The number of amides is 3. The third-order valence-corrected chi connectivity index (χ3v) is 11.6. The smallest absolute Gasteiger partial charge is 0.293 e. The van der Waals surface area contributed by atoms with E-state index in [9.17, 15) is 14.4 Å². The molecule has 0 saturated carbocycles. The van der Waals surface area contributed by atoms with Crippen LogP contribution in [0.2, 0.25) is 0 Å². The molecule has 5 heterocycles. The van der Waals surface area contributed by atoms with Crippen LogP contribution in [-0.2, 0) is 21.4 Å². The van der Waals surface area contributed by atoms with Crippen molar-refractivity contribution < 1.29 is 23.6 Å². The molecule has 0 radical (unpaired) electrons. The number of anilines is 1. The number of H-pyrrole nitrogens is 1. The van der Waals surface area contributed by atoms with Crippen LogP contribution in [-0.4, -0.2) is 87.8 Å². The number of pyridine rings is 1. The van der Waals surface area contributed by atoms with E-state index in [0.717, 1.165) is 89.2 Å². The molecule has 6 aromatic rings. The Morgan fingerprint density at radius 3 is 2.45 bits per heavy atom. The van der Waals surface area contributed by atoms with Crippen LogP contribution in [0, 0.1) is 6.92 Å². The van der Waals surface area contributed by atoms with Crippen LogP contribution < -0.4 is 20.3 Å². The van der Waals surface area contributed by atoms with Crippen molar-refractivity contribution in [1.82, 2.24) is 40.9 Å². The summed E-state index contributed by atoms with van der Waals surface area (Å²) in [5.74, 6) is -0.0946. The summed E-state index contributed by atoms with van der Waals surface area (Å²) in [4.78, 5) is 50.9. The first-order chi connectivity index (χ1) is 28.8. The van der Waals surface area contributed by atoms with Gasteiger partial charge in [-0.3, -0.25) is 29.7 Å². The van der Waals surface area contributed by atoms with Crippen molar-refractivity contribution in [1.29, 1.82) is 0 Å². The molecule has 1 unspecified atom stereocenters. The van der Waals surface area contributed by atoms with Crippen molar-refractivity contribution in [2.45, 2.75) is 71.3 Å². The van der Waals surface area contributed by atoms with Crippen molar-refractivity contribution >= 4 is 34.4 Å². The van der Waals surface area contributed by atoms with E-state index < -0.39 is 0 Å².